The molecule has 0 aliphatic carbocycles. The molecule has 0 saturated heterocycles. The van der Waals surface area contributed by atoms with Crippen LogP contribution in [0.1, 0.15) is 26.3 Å². The van der Waals surface area contributed by atoms with Crippen molar-refractivity contribution in [2.45, 2.75) is 6.42 Å². The van der Waals surface area contributed by atoms with Crippen molar-refractivity contribution in [3.8, 4) is 16.9 Å². The number of pyridine rings is 1. The van der Waals surface area contributed by atoms with E-state index in [1.807, 2.05) is 30.3 Å². The maximum atomic E-state index is 13.1. The molecular formula is C25H18N2O4. The lowest BCUT2D eigenvalue weighted by Crippen LogP contribution is -2.13. The fraction of sp³-hybridized carbons (Fsp3) is 0.0800. The summed E-state index contributed by atoms with van der Waals surface area (Å²) < 4.78 is 5.58. The van der Waals surface area contributed by atoms with E-state index < -0.39 is 5.97 Å². The molecule has 6 nitrogen and oxygen atoms in total. The maximum absolute atomic E-state index is 13.1. The summed E-state index contributed by atoms with van der Waals surface area (Å²) in [6.07, 6.45) is 2.17. The lowest BCUT2D eigenvalue weighted by atomic mass is 9.97. The second kappa shape index (κ2) is 7.57. The van der Waals surface area contributed by atoms with E-state index in [4.69, 9.17) is 9.84 Å². The van der Waals surface area contributed by atoms with E-state index in [9.17, 15) is 9.59 Å². The van der Waals surface area contributed by atoms with Gasteiger partial charge in [-0.3, -0.25) is 9.78 Å². The molecule has 0 spiro atoms. The van der Waals surface area contributed by atoms with Gasteiger partial charge in [0.2, 0.25) is 0 Å². The molecule has 2 N–H and O–H groups in total. The van der Waals surface area contributed by atoms with Crippen LogP contribution in [0.15, 0.2) is 72.9 Å². The van der Waals surface area contributed by atoms with Crippen LogP contribution in [0.5, 0.6) is 5.75 Å². The number of carboxylic acid groups (broad SMARTS) is 1. The number of carboxylic acids is 1. The third kappa shape index (κ3) is 3.59. The Bertz CT molecular complexity index is 1350. The van der Waals surface area contributed by atoms with E-state index in [2.05, 4.69) is 16.4 Å². The summed E-state index contributed by atoms with van der Waals surface area (Å²) in [7, 11) is 0. The summed E-state index contributed by atoms with van der Waals surface area (Å²) in [6.45, 7) is 0.685. The second-order valence-electron chi connectivity index (χ2n) is 7.36. The highest BCUT2D eigenvalue weighted by atomic mass is 16.5. The first-order valence-electron chi connectivity index (χ1n) is 9.88. The zero-order valence-corrected chi connectivity index (χ0v) is 16.5. The Balaban J connectivity index is 1.45. The van der Waals surface area contributed by atoms with Crippen molar-refractivity contribution >= 4 is 28.5 Å². The maximum Gasteiger partial charge on any atom is 0.337 e. The number of rotatable bonds is 4. The smallest absolute Gasteiger partial charge is 0.337 e. The number of anilines is 1. The van der Waals surface area contributed by atoms with Gasteiger partial charge in [-0.2, -0.15) is 0 Å². The van der Waals surface area contributed by atoms with Crippen LogP contribution in [-0.4, -0.2) is 28.6 Å². The van der Waals surface area contributed by atoms with Gasteiger partial charge in [0.25, 0.3) is 5.91 Å². The molecule has 5 rings (SSSR count). The number of carbonyl (C=O) groups excluding carboxylic acids is 1. The number of aromatic carboxylic acids is 1. The number of aromatic nitrogens is 1. The largest absolute Gasteiger partial charge is 0.493 e. The molecule has 1 aromatic heterocycles. The predicted molar refractivity (Wildman–Crippen MR) is 118 cm³/mol. The van der Waals surface area contributed by atoms with Gasteiger partial charge in [-0.1, -0.05) is 30.3 Å². The minimum atomic E-state index is -1.03. The molecule has 31 heavy (non-hydrogen) atoms. The van der Waals surface area contributed by atoms with Gasteiger partial charge in [0.05, 0.1) is 17.7 Å². The lowest BCUT2D eigenvalue weighted by molar-refractivity contribution is 0.0696. The van der Waals surface area contributed by atoms with Gasteiger partial charge in [0, 0.05) is 29.3 Å². The van der Waals surface area contributed by atoms with Crippen LogP contribution in [0.2, 0.25) is 0 Å². The third-order valence-electron chi connectivity index (χ3n) is 5.36. The highest BCUT2D eigenvalue weighted by molar-refractivity contribution is 6.09. The molecule has 0 unspecified atom stereocenters. The predicted octanol–water partition coefficient (Wildman–Crippen LogP) is 4.79. The molecule has 0 radical (unpaired) electrons. The Kier molecular flexibility index (Phi) is 4.59. The van der Waals surface area contributed by atoms with E-state index in [0.717, 1.165) is 28.9 Å². The Morgan fingerprint density at radius 2 is 1.87 bits per heavy atom. The summed E-state index contributed by atoms with van der Waals surface area (Å²) in [5.74, 6) is -0.351. The van der Waals surface area contributed by atoms with Crippen LogP contribution >= 0.6 is 0 Å². The third-order valence-corrected chi connectivity index (χ3v) is 5.36. The zero-order valence-electron chi connectivity index (χ0n) is 16.5. The molecule has 1 amide bonds. The van der Waals surface area contributed by atoms with Crippen molar-refractivity contribution < 1.29 is 19.4 Å². The number of hydrogen-bond donors (Lipinski definition) is 2. The molecule has 6 heteroatoms. The molecule has 0 atom stereocenters. The average Bonchev–Trinajstić information content (AvgIpc) is 3.26. The van der Waals surface area contributed by atoms with Crippen molar-refractivity contribution in [2.75, 3.05) is 11.9 Å². The Labute approximate surface area is 178 Å². The van der Waals surface area contributed by atoms with Crippen LogP contribution in [0.3, 0.4) is 0 Å². The van der Waals surface area contributed by atoms with Gasteiger partial charge < -0.3 is 15.2 Å². The quantitative estimate of drug-likeness (QED) is 0.505. The first-order chi connectivity index (χ1) is 15.1. The molecular weight excluding hydrogens is 392 g/mol. The number of hydrogen-bond acceptors (Lipinski definition) is 4. The summed E-state index contributed by atoms with van der Waals surface area (Å²) in [4.78, 5) is 28.4. The number of benzene rings is 3. The first kappa shape index (κ1) is 18.8. The van der Waals surface area contributed by atoms with Crippen molar-refractivity contribution in [3.63, 3.8) is 0 Å². The number of nitrogens with one attached hydrogen (secondary N) is 1. The van der Waals surface area contributed by atoms with Crippen molar-refractivity contribution in [1.29, 1.82) is 0 Å². The van der Waals surface area contributed by atoms with Gasteiger partial charge in [-0.25, -0.2) is 4.79 Å². The summed E-state index contributed by atoms with van der Waals surface area (Å²) in [6, 6.07) is 20.3. The van der Waals surface area contributed by atoms with Crippen molar-refractivity contribution in [3.05, 3.63) is 89.6 Å². The summed E-state index contributed by atoms with van der Waals surface area (Å²) in [5, 5.41) is 12.7. The number of ether oxygens (including phenoxy) is 1. The Hall–Kier alpha value is -4.19. The minimum Gasteiger partial charge on any atom is -0.493 e. The second-order valence-corrected chi connectivity index (χ2v) is 7.36. The number of carbonyl (C=O) groups is 2. The Morgan fingerprint density at radius 1 is 1.00 bits per heavy atom. The molecule has 4 aromatic rings. The van der Waals surface area contributed by atoms with E-state index in [1.165, 1.54) is 6.20 Å². The zero-order chi connectivity index (χ0) is 21.4. The Morgan fingerprint density at radius 3 is 2.74 bits per heavy atom. The normalized spacial score (nSPS) is 12.3. The number of fused-ring (bicyclic) bond motifs is 2. The molecule has 2 heterocycles. The molecule has 1 aliphatic rings. The highest BCUT2D eigenvalue weighted by Crippen LogP contribution is 2.32. The van der Waals surface area contributed by atoms with E-state index in [0.29, 0.717) is 28.8 Å². The van der Waals surface area contributed by atoms with Crippen LogP contribution < -0.4 is 10.1 Å². The molecule has 1 aliphatic heterocycles. The van der Waals surface area contributed by atoms with Crippen LogP contribution in [0, 0.1) is 0 Å². The lowest BCUT2D eigenvalue weighted by Gasteiger charge is -2.12. The van der Waals surface area contributed by atoms with Gasteiger partial charge in [0.15, 0.2) is 0 Å². The van der Waals surface area contributed by atoms with E-state index in [1.54, 1.807) is 30.3 Å². The number of nitrogens with zero attached hydrogens (tertiary/aromatic N) is 1. The van der Waals surface area contributed by atoms with Gasteiger partial charge >= 0.3 is 5.97 Å². The summed E-state index contributed by atoms with van der Waals surface area (Å²) >= 11 is 0. The van der Waals surface area contributed by atoms with Gasteiger partial charge in [0.1, 0.15) is 5.75 Å². The van der Waals surface area contributed by atoms with Crippen LogP contribution in [0.25, 0.3) is 22.0 Å². The monoisotopic (exact) mass is 410 g/mol. The molecule has 152 valence electrons. The molecule has 0 saturated carbocycles. The van der Waals surface area contributed by atoms with Gasteiger partial charge in [-0.15, -0.1) is 0 Å². The molecule has 3 aromatic carbocycles. The van der Waals surface area contributed by atoms with Crippen LogP contribution in [0.4, 0.5) is 5.69 Å². The standard InChI is InChI=1S/C25H18N2O4/c28-24(27-19-7-5-16-12-18(25(29)30)14-26-22(16)13-19)21-4-2-1-3-20(21)15-6-8-23-17(11-15)9-10-31-23/h1-8,11-14H,9-10H2,(H,27,28)(H,29,30). The van der Waals surface area contributed by atoms with Crippen LogP contribution in [-0.2, 0) is 6.42 Å². The van der Waals surface area contributed by atoms with E-state index in [-0.39, 0.29) is 11.5 Å². The highest BCUT2D eigenvalue weighted by Gasteiger charge is 2.17. The minimum absolute atomic E-state index is 0.123. The van der Waals surface area contributed by atoms with E-state index >= 15 is 0 Å². The van der Waals surface area contributed by atoms with Crippen molar-refractivity contribution in [2.24, 2.45) is 0 Å². The topological polar surface area (TPSA) is 88.5 Å². The fourth-order valence-corrected chi connectivity index (χ4v) is 3.80. The molecule has 0 bridgehead atoms. The first-order valence-corrected chi connectivity index (χ1v) is 9.88. The fourth-order valence-electron chi connectivity index (χ4n) is 3.80. The van der Waals surface area contributed by atoms with Gasteiger partial charge in [-0.05, 0) is 53.1 Å². The average molecular weight is 410 g/mol. The molecule has 0 fully saturated rings. The summed E-state index contributed by atoms with van der Waals surface area (Å²) in [5.41, 5.74) is 4.85. The van der Waals surface area contributed by atoms with Crippen molar-refractivity contribution in [1.82, 2.24) is 4.98 Å². The number of amides is 1. The SMILES string of the molecule is O=C(O)c1cnc2cc(NC(=O)c3ccccc3-c3ccc4c(c3)CCO4)ccc2c1.